The van der Waals surface area contributed by atoms with Crippen molar-refractivity contribution in [3.05, 3.63) is 65.2 Å². The number of carboxylic acid groups (broad SMARTS) is 1. The van der Waals surface area contributed by atoms with Gasteiger partial charge in [0.15, 0.2) is 0 Å². The second kappa shape index (κ2) is 9.90. The maximum absolute atomic E-state index is 10.8. The Morgan fingerprint density at radius 2 is 1.82 bits per heavy atom. The average molecular weight is 397 g/mol. The number of benzene rings is 2. The highest BCUT2D eigenvalue weighted by molar-refractivity contribution is 7.13. The van der Waals surface area contributed by atoms with Gasteiger partial charge in [-0.1, -0.05) is 37.6 Å². The number of aliphatic carboxylic acids is 1. The molecule has 0 radical (unpaired) electrons. The largest absolute Gasteiger partial charge is 0.490 e. The number of thiazole rings is 1. The van der Waals surface area contributed by atoms with Gasteiger partial charge in [-0.3, -0.25) is 4.79 Å². The summed E-state index contributed by atoms with van der Waals surface area (Å²) in [6.45, 7) is 3.06. The van der Waals surface area contributed by atoms with Crippen molar-refractivity contribution in [2.45, 2.75) is 26.2 Å². The van der Waals surface area contributed by atoms with Crippen molar-refractivity contribution in [3.8, 4) is 22.1 Å². The number of nitrogens with zero attached hydrogens (tertiary/aromatic N) is 1. The van der Waals surface area contributed by atoms with Crippen LogP contribution in [0, 0.1) is 0 Å². The highest BCUT2D eigenvalue weighted by atomic mass is 32.1. The minimum Gasteiger partial charge on any atom is -0.490 e. The van der Waals surface area contributed by atoms with Crippen LogP contribution in [0.25, 0.3) is 10.6 Å². The number of rotatable bonds is 10. The second-order valence-corrected chi connectivity index (χ2v) is 7.19. The molecule has 1 heterocycles. The van der Waals surface area contributed by atoms with Crippen LogP contribution in [0.3, 0.4) is 0 Å². The molecule has 146 valence electrons. The van der Waals surface area contributed by atoms with E-state index in [0.29, 0.717) is 18.9 Å². The second-order valence-electron chi connectivity index (χ2n) is 6.33. The summed E-state index contributed by atoms with van der Waals surface area (Å²) >= 11 is 1.43. The Labute approximate surface area is 168 Å². The molecule has 0 spiro atoms. The Morgan fingerprint density at radius 1 is 1.07 bits per heavy atom. The maximum atomic E-state index is 10.8. The number of hydrogen-bond acceptors (Lipinski definition) is 5. The van der Waals surface area contributed by atoms with Crippen LogP contribution in [-0.4, -0.2) is 29.3 Å². The van der Waals surface area contributed by atoms with Gasteiger partial charge in [-0.05, 0) is 36.2 Å². The zero-order valence-corrected chi connectivity index (χ0v) is 16.6. The summed E-state index contributed by atoms with van der Waals surface area (Å²) in [5, 5.41) is 11.4. The number of ether oxygens (including phenoxy) is 2. The van der Waals surface area contributed by atoms with Crippen molar-refractivity contribution in [2.75, 3.05) is 13.2 Å². The third-order valence-electron chi connectivity index (χ3n) is 4.05. The lowest BCUT2D eigenvalue weighted by molar-refractivity contribution is -0.136. The third-order valence-corrected chi connectivity index (χ3v) is 4.99. The molecule has 6 heteroatoms. The fourth-order valence-electron chi connectivity index (χ4n) is 2.75. The number of aryl methyl sites for hydroxylation is 1. The predicted octanol–water partition coefficient (Wildman–Crippen LogP) is 4.85. The fourth-order valence-corrected chi connectivity index (χ4v) is 3.57. The van der Waals surface area contributed by atoms with Crippen LogP contribution < -0.4 is 9.47 Å². The summed E-state index contributed by atoms with van der Waals surface area (Å²) in [6, 6.07) is 15.8. The van der Waals surface area contributed by atoms with Gasteiger partial charge in [0.1, 0.15) is 29.7 Å². The molecular formula is C22H23NO4S. The molecule has 5 nitrogen and oxygen atoms in total. The first-order chi connectivity index (χ1) is 13.6. The molecule has 0 unspecified atom stereocenters. The fraction of sp³-hybridized carbons (Fsp3) is 0.273. The molecule has 3 aromatic rings. The van der Waals surface area contributed by atoms with Crippen molar-refractivity contribution in [1.82, 2.24) is 4.98 Å². The molecule has 0 fully saturated rings. The summed E-state index contributed by atoms with van der Waals surface area (Å²) in [5.74, 6) is 0.689. The van der Waals surface area contributed by atoms with Crippen LogP contribution in [-0.2, 0) is 17.6 Å². The number of hydrogen-bond donors (Lipinski definition) is 1. The van der Waals surface area contributed by atoms with E-state index in [4.69, 9.17) is 14.6 Å². The van der Waals surface area contributed by atoms with Gasteiger partial charge in [0.05, 0.1) is 12.1 Å². The van der Waals surface area contributed by atoms with Gasteiger partial charge in [-0.2, -0.15) is 0 Å². The Morgan fingerprint density at radius 3 is 2.54 bits per heavy atom. The Balaban J connectivity index is 1.50. The topological polar surface area (TPSA) is 68.7 Å². The minimum atomic E-state index is -0.881. The minimum absolute atomic E-state index is 0.0660. The highest BCUT2D eigenvalue weighted by Gasteiger charge is 2.08. The van der Waals surface area contributed by atoms with Crippen molar-refractivity contribution >= 4 is 17.3 Å². The van der Waals surface area contributed by atoms with Crippen LogP contribution in [0.1, 0.15) is 24.6 Å². The molecule has 28 heavy (non-hydrogen) atoms. The maximum Gasteiger partial charge on any atom is 0.309 e. The lowest BCUT2D eigenvalue weighted by Crippen LogP contribution is -2.09. The monoisotopic (exact) mass is 397 g/mol. The molecule has 3 rings (SSSR count). The van der Waals surface area contributed by atoms with E-state index < -0.39 is 5.97 Å². The van der Waals surface area contributed by atoms with E-state index in [9.17, 15) is 4.79 Å². The van der Waals surface area contributed by atoms with Gasteiger partial charge in [0.25, 0.3) is 0 Å². The Kier molecular flexibility index (Phi) is 7.03. The molecule has 0 amide bonds. The molecule has 0 aliphatic heterocycles. The van der Waals surface area contributed by atoms with E-state index in [1.807, 2.05) is 36.4 Å². The summed E-state index contributed by atoms with van der Waals surface area (Å²) in [7, 11) is 0. The number of carbonyl (C=O) groups is 1. The average Bonchev–Trinajstić information content (AvgIpc) is 3.15. The van der Waals surface area contributed by atoms with Gasteiger partial charge in [0, 0.05) is 10.9 Å². The lowest BCUT2D eigenvalue weighted by Gasteiger charge is -2.09. The van der Waals surface area contributed by atoms with Gasteiger partial charge in [0.2, 0.25) is 0 Å². The summed E-state index contributed by atoms with van der Waals surface area (Å²) in [4.78, 5) is 15.2. The molecular weight excluding hydrogens is 374 g/mol. The lowest BCUT2D eigenvalue weighted by atomic mass is 10.1. The van der Waals surface area contributed by atoms with E-state index in [0.717, 1.165) is 34.9 Å². The summed E-state index contributed by atoms with van der Waals surface area (Å²) < 4.78 is 11.5. The van der Waals surface area contributed by atoms with Crippen LogP contribution in [0.4, 0.5) is 0 Å². The molecule has 0 atom stereocenters. The smallest absolute Gasteiger partial charge is 0.309 e. The van der Waals surface area contributed by atoms with Crippen LogP contribution in [0.2, 0.25) is 0 Å². The quantitative estimate of drug-likeness (QED) is 0.496. The molecule has 0 aliphatic carbocycles. The first-order valence-corrected chi connectivity index (χ1v) is 10.1. The first-order valence-electron chi connectivity index (χ1n) is 9.25. The highest BCUT2D eigenvalue weighted by Crippen LogP contribution is 2.27. The van der Waals surface area contributed by atoms with Crippen molar-refractivity contribution in [2.24, 2.45) is 0 Å². The van der Waals surface area contributed by atoms with E-state index in [2.05, 4.69) is 24.0 Å². The number of carboxylic acids is 1. The zero-order valence-electron chi connectivity index (χ0n) is 15.8. The van der Waals surface area contributed by atoms with Crippen LogP contribution in [0.15, 0.2) is 53.9 Å². The molecule has 0 saturated heterocycles. The van der Waals surface area contributed by atoms with Gasteiger partial charge >= 0.3 is 5.97 Å². The van der Waals surface area contributed by atoms with E-state index >= 15 is 0 Å². The van der Waals surface area contributed by atoms with Gasteiger partial charge in [-0.25, -0.2) is 4.98 Å². The Hall–Kier alpha value is -2.86. The number of aromatic nitrogens is 1. The Bertz CT molecular complexity index is 905. The molecule has 2 aromatic carbocycles. The first kappa shape index (κ1) is 19.9. The van der Waals surface area contributed by atoms with Crippen LogP contribution in [0.5, 0.6) is 11.5 Å². The normalized spacial score (nSPS) is 10.6. The standard InChI is InChI=1S/C22H23NO4S/c1-2-4-16-7-9-19(10-8-16)26-11-12-27-20-6-3-5-17(13-20)22-23-18(15-28-22)14-21(24)25/h3,5-10,13,15H,2,4,11-12,14H2,1H3,(H,24,25). The molecule has 1 aromatic heterocycles. The summed E-state index contributed by atoms with van der Waals surface area (Å²) in [5.41, 5.74) is 2.79. The SMILES string of the molecule is CCCc1ccc(OCCOc2cccc(-c3nc(CC(=O)O)cs3)c2)cc1. The van der Waals surface area contributed by atoms with E-state index in [1.54, 1.807) is 5.38 Å². The molecule has 0 bridgehead atoms. The molecule has 0 aliphatic rings. The third kappa shape index (κ3) is 5.82. The molecule has 1 N–H and O–H groups in total. The predicted molar refractivity (Wildman–Crippen MR) is 110 cm³/mol. The summed E-state index contributed by atoms with van der Waals surface area (Å²) in [6.07, 6.45) is 2.15. The molecule has 0 saturated carbocycles. The van der Waals surface area contributed by atoms with Crippen LogP contribution >= 0.6 is 11.3 Å². The zero-order chi connectivity index (χ0) is 19.8. The van der Waals surface area contributed by atoms with Gasteiger partial charge in [-0.15, -0.1) is 11.3 Å². The van der Waals surface area contributed by atoms with Crippen molar-refractivity contribution in [3.63, 3.8) is 0 Å². The van der Waals surface area contributed by atoms with E-state index in [-0.39, 0.29) is 6.42 Å². The van der Waals surface area contributed by atoms with Crippen molar-refractivity contribution in [1.29, 1.82) is 0 Å². The van der Waals surface area contributed by atoms with Gasteiger partial charge < -0.3 is 14.6 Å². The van der Waals surface area contributed by atoms with E-state index in [1.165, 1.54) is 16.9 Å². The van der Waals surface area contributed by atoms with Crippen molar-refractivity contribution < 1.29 is 19.4 Å².